The van der Waals surface area contributed by atoms with Gasteiger partial charge >= 0.3 is 6.03 Å². The molecule has 2 aliphatic rings. The predicted octanol–water partition coefficient (Wildman–Crippen LogP) is 3.41. The number of fused-ring (bicyclic) bond motifs is 1. The molecule has 232 valence electrons. The second-order valence-corrected chi connectivity index (χ2v) is 10.8. The Balaban J connectivity index is 1.15. The monoisotopic (exact) mass is 615 g/mol. The first-order valence-corrected chi connectivity index (χ1v) is 14.6. The molecule has 2 aromatic carbocycles. The maximum atomic E-state index is 15.0. The fourth-order valence-corrected chi connectivity index (χ4v) is 5.60. The summed E-state index contributed by atoms with van der Waals surface area (Å²) in [5.41, 5.74) is 2.63. The van der Waals surface area contributed by atoms with E-state index >= 15 is 0 Å². The van der Waals surface area contributed by atoms with Gasteiger partial charge in [0.15, 0.2) is 29.6 Å². The molecule has 0 radical (unpaired) electrons. The molecule has 0 saturated carbocycles. The van der Waals surface area contributed by atoms with E-state index in [-0.39, 0.29) is 23.3 Å². The van der Waals surface area contributed by atoms with Gasteiger partial charge in [-0.3, -0.25) is 9.20 Å². The smallest absolute Gasteiger partial charge is 0.320 e. The zero-order chi connectivity index (χ0) is 31.5. The Kier molecular flexibility index (Phi) is 8.43. The van der Waals surface area contributed by atoms with Gasteiger partial charge in [-0.05, 0) is 42.8 Å². The van der Waals surface area contributed by atoms with E-state index in [1.54, 1.807) is 33.7 Å². The van der Waals surface area contributed by atoms with Crippen molar-refractivity contribution in [3.8, 4) is 23.1 Å². The molecule has 6 rings (SSSR count). The number of nitriles is 1. The Bertz CT molecular complexity index is 1790. The van der Waals surface area contributed by atoms with Crippen molar-refractivity contribution in [1.29, 1.82) is 5.26 Å². The van der Waals surface area contributed by atoms with Crippen LogP contribution in [0.1, 0.15) is 15.9 Å². The number of aryl methyl sites for hydroxylation is 1. The number of benzene rings is 2. The van der Waals surface area contributed by atoms with Crippen LogP contribution in [0.25, 0.3) is 16.9 Å². The van der Waals surface area contributed by atoms with Crippen molar-refractivity contribution in [2.75, 3.05) is 64.3 Å². The first kappa shape index (κ1) is 29.8. The van der Waals surface area contributed by atoms with Crippen molar-refractivity contribution >= 4 is 29.1 Å². The van der Waals surface area contributed by atoms with Crippen LogP contribution in [-0.2, 0) is 0 Å². The van der Waals surface area contributed by atoms with Gasteiger partial charge in [-0.2, -0.15) is 9.65 Å². The lowest BCUT2D eigenvalue weighted by atomic mass is 10.1. The summed E-state index contributed by atoms with van der Waals surface area (Å²) in [7, 11) is 0. The molecule has 2 N–H and O–H groups in total. The maximum absolute atomic E-state index is 15.0. The van der Waals surface area contributed by atoms with E-state index in [1.807, 2.05) is 22.8 Å². The Morgan fingerprint density at radius 1 is 1.00 bits per heavy atom. The van der Waals surface area contributed by atoms with Crippen LogP contribution in [0.2, 0.25) is 0 Å². The van der Waals surface area contributed by atoms with Crippen LogP contribution in [0.3, 0.4) is 0 Å². The number of amides is 3. The van der Waals surface area contributed by atoms with Crippen molar-refractivity contribution in [3.05, 3.63) is 71.7 Å². The minimum absolute atomic E-state index is 0.0280. The number of nitrogens with one attached hydrogen (secondary N) is 2. The molecule has 45 heavy (non-hydrogen) atoms. The van der Waals surface area contributed by atoms with Crippen molar-refractivity contribution in [3.63, 3.8) is 0 Å². The second-order valence-electron chi connectivity index (χ2n) is 10.8. The lowest BCUT2D eigenvalue weighted by Crippen LogP contribution is -2.57. The van der Waals surface area contributed by atoms with Gasteiger partial charge in [-0.1, -0.05) is 0 Å². The van der Waals surface area contributed by atoms with Gasteiger partial charge in [0.1, 0.15) is 6.07 Å². The number of anilines is 2. The summed E-state index contributed by atoms with van der Waals surface area (Å²) in [6.45, 7) is 6.32. The maximum Gasteiger partial charge on any atom is 0.320 e. The number of nitrogens with zero attached hydrogens (tertiary/aromatic N) is 7. The summed E-state index contributed by atoms with van der Waals surface area (Å²) in [6, 6.07) is 9.75. The molecular weight excluding hydrogens is 584 g/mol. The number of rotatable bonds is 6. The van der Waals surface area contributed by atoms with Crippen LogP contribution in [0.15, 0.2) is 48.9 Å². The largest absolute Gasteiger partial charge is 0.476 e. The molecule has 2 saturated heterocycles. The average molecular weight is 616 g/mol. The van der Waals surface area contributed by atoms with Crippen molar-refractivity contribution in [1.82, 2.24) is 34.4 Å². The van der Waals surface area contributed by atoms with Gasteiger partial charge in [0, 0.05) is 81.6 Å². The number of aromatic nitrogens is 3. The fourth-order valence-electron chi connectivity index (χ4n) is 5.60. The number of carbonyl (C=O) groups excluding carboxylic acids is 2. The first-order valence-electron chi connectivity index (χ1n) is 14.6. The highest BCUT2D eigenvalue weighted by atomic mass is 19.2. The summed E-state index contributed by atoms with van der Waals surface area (Å²) in [6.07, 6.45) is 4.51. The minimum Gasteiger partial charge on any atom is -0.476 e. The van der Waals surface area contributed by atoms with Crippen LogP contribution in [-0.4, -0.2) is 100.0 Å². The van der Waals surface area contributed by atoms with E-state index in [0.29, 0.717) is 67.7 Å². The molecule has 3 amide bonds. The summed E-state index contributed by atoms with van der Waals surface area (Å²) >= 11 is 0. The van der Waals surface area contributed by atoms with E-state index in [1.165, 1.54) is 24.5 Å². The third-order valence-corrected chi connectivity index (χ3v) is 7.99. The molecule has 0 unspecified atom stereocenters. The topological polar surface area (TPSA) is 131 Å². The van der Waals surface area contributed by atoms with Gasteiger partial charge in [0.25, 0.3) is 5.91 Å². The Hall–Kier alpha value is -5.29. The minimum atomic E-state index is -1.19. The summed E-state index contributed by atoms with van der Waals surface area (Å²) < 4.78 is 36.1. The molecule has 2 aliphatic heterocycles. The van der Waals surface area contributed by atoms with Crippen molar-refractivity contribution in [2.45, 2.75) is 6.92 Å². The molecular formula is C31H31F2N9O3. The lowest BCUT2D eigenvalue weighted by Gasteiger charge is -2.38. The van der Waals surface area contributed by atoms with Gasteiger partial charge in [-0.25, -0.2) is 19.2 Å². The highest BCUT2D eigenvalue weighted by molar-refractivity contribution is 5.96. The molecule has 4 heterocycles. The van der Waals surface area contributed by atoms with Crippen LogP contribution in [0.4, 0.5) is 25.1 Å². The number of hydrogen-bond donors (Lipinski definition) is 2. The number of ether oxygens (including phenoxy) is 1. The summed E-state index contributed by atoms with van der Waals surface area (Å²) in [4.78, 5) is 40.4. The fraction of sp³-hybridized carbons (Fsp3) is 0.323. The van der Waals surface area contributed by atoms with Gasteiger partial charge in [-0.15, -0.1) is 0 Å². The molecule has 0 bridgehead atoms. The van der Waals surface area contributed by atoms with Gasteiger partial charge in [0.05, 0.1) is 11.9 Å². The first-order chi connectivity index (χ1) is 21.9. The number of hydrogen-bond acceptors (Lipinski definition) is 8. The molecule has 2 aromatic heterocycles. The lowest BCUT2D eigenvalue weighted by molar-refractivity contribution is 0.0634. The predicted molar refractivity (Wildman–Crippen MR) is 161 cm³/mol. The van der Waals surface area contributed by atoms with Gasteiger partial charge < -0.3 is 30.1 Å². The van der Waals surface area contributed by atoms with E-state index in [4.69, 9.17) is 10.00 Å². The van der Waals surface area contributed by atoms with E-state index in [2.05, 4.69) is 20.6 Å². The molecule has 4 aromatic rings. The quantitative estimate of drug-likeness (QED) is 0.338. The highest BCUT2D eigenvalue weighted by Crippen LogP contribution is 2.32. The zero-order valence-corrected chi connectivity index (χ0v) is 24.6. The SMILES string of the molecule is Cc1cc(Nc2nccn3c(-c4ccc(OCC#N)c(F)c4F)cnc23)ccc1C(=O)N1CCN(C(=O)N2CCNCC2)CC1. The number of piperazine rings is 2. The van der Waals surface area contributed by atoms with Crippen LogP contribution in [0, 0.1) is 29.9 Å². The van der Waals surface area contributed by atoms with E-state index in [9.17, 15) is 18.4 Å². The molecule has 0 atom stereocenters. The summed E-state index contributed by atoms with van der Waals surface area (Å²) in [5.74, 6) is -2.38. The van der Waals surface area contributed by atoms with Crippen LogP contribution < -0.4 is 15.4 Å². The van der Waals surface area contributed by atoms with Crippen LogP contribution in [0.5, 0.6) is 5.75 Å². The normalized spacial score (nSPS) is 15.2. The van der Waals surface area contributed by atoms with Crippen LogP contribution >= 0.6 is 0 Å². The summed E-state index contributed by atoms with van der Waals surface area (Å²) in [5, 5.41) is 15.1. The van der Waals surface area contributed by atoms with E-state index in [0.717, 1.165) is 18.7 Å². The third kappa shape index (κ3) is 5.94. The van der Waals surface area contributed by atoms with E-state index < -0.39 is 18.2 Å². The number of halogens is 2. The Labute approximate surface area is 257 Å². The Morgan fingerprint density at radius 3 is 2.47 bits per heavy atom. The number of urea groups is 1. The average Bonchev–Trinajstić information content (AvgIpc) is 3.50. The molecule has 12 nitrogen and oxygen atoms in total. The molecule has 14 heteroatoms. The van der Waals surface area contributed by atoms with Crippen molar-refractivity contribution < 1.29 is 23.1 Å². The number of imidazole rings is 1. The molecule has 0 spiro atoms. The number of carbonyl (C=O) groups is 2. The molecule has 2 fully saturated rings. The Morgan fingerprint density at radius 2 is 1.73 bits per heavy atom. The molecule has 0 aliphatic carbocycles. The van der Waals surface area contributed by atoms with Gasteiger partial charge in [0.2, 0.25) is 5.82 Å². The second kappa shape index (κ2) is 12.7. The van der Waals surface area contributed by atoms with Crippen molar-refractivity contribution in [2.24, 2.45) is 0 Å². The highest BCUT2D eigenvalue weighted by Gasteiger charge is 2.29. The standard InChI is InChI=1S/C31H31F2N9O3/c1-20-18-21(2-3-22(20)30(43)39-13-15-41(16-14-39)31(44)40-10-7-35-8-11-40)38-28-29-37-19-24(42(29)12-9-36-28)23-4-5-25(45-17-6-34)27(33)26(23)32/h2-5,9,12,18-19,35H,7-8,10-11,13-17H2,1H3,(H,36,38). The zero-order valence-electron chi connectivity index (χ0n) is 24.6. The third-order valence-electron chi connectivity index (χ3n) is 7.99.